The van der Waals surface area contributed by atoms with Gasteiger partial charge in [-0.15, -0.1) is 11.3 Å². The molecule has 0 unspecified atom stereocenters. The fourth-order valence-electron chi connectivity index (χ4n) is 0.825. The molecule has 0 amide bonds. The van der Waals surface area contributed by atoms with E-state index < -0.39 is 16.0 Å². The Morgan fingerprint density at radius 3 is 2.64 bits per heavy atom. The molecule has 0 atom stereocenters. The van der Waals surface area contributed by atoms with Crippen LogP contribution < -0.4 is 5.14 Å². The number of ether oxygens (including phenoxy) is 1. The molecular weight excluding hydrogens is 250 g/mol. The number of rotatable bonds is 2. The lowest BCUT2D eigenvalue weighted by Gasteiger charge is -1.99. The molecule has 0 aliphatic rings. The highest BCUT2D eigenvalue weighted by atomic mass is 35.5. The lowest BCUT2D eigenvalue weighted by molar-refractivity contribution is 0.0602. The van der Waals surface area contributed by atoms with Crippen LogP contribution in [0, 0.1) is 0 Å². The molecule has 1 aromatic heterocycles. The van der Waals surface area contributed by atoms with Crippen molar-refractivity contribution in [1.82, 2.24) is 0 Å². The van der Waals surface area contributed by atoms with Gasteiger partial charge in [-0.1, -0.05) is 11.6 Å². The summed E-state index contributed by atoms with van der Waals surface area (Å²) in [5, 5.41) is 6.12. The molecule has 78 valence electrons. The van der Waals surface area contributed by atoms with Crippen LogP contribution in [-0.2, 0) is 14.8 Å². The van der Waals surface area contributed by atoms with E-state index in [-0.39, 0.29) is 14.8 Å². The van der Waals surface area contributed by atoms with Crippen LogP contribution in [0.5, 0.6) is 0 Å². The minimum atomic E-state index is -4.00. The van der Waals surface area contributed by atoms with E-state index in [0.29, 0.717) is 0 Å². The van der Waals surface area contributed by atoms with Crippen LogP contribution in [0.4, 0.5) is 0 Å². The topological polar surface area (TPSA) is 86.5 Å². The zero-order chi connectivity index (χ0) is 10.9. The summed E-state index contributed by atoms with van der Waals surface area (Å²) in [6.07, 6.45) is 0. The van der Waals surface area contributed by atoms with Gasteiger partial charge in [0.1, 0.15) is 9.77 Å². The maximum absolute atomic E-state index is 11.1. The maximum Gasteiger partial charge on any atom is 0.349 e. The number of primary sulfonamides is 1. The first-order chi connectivity index (χ1) is 6.38. The number of carbonyl (C=O) groups is 1. The molecule has 0 fully saturated rings. The van der Waals surface area contributed by atoms with E-state index in [2.05, 4.69) is 4.74 Å². The largest absolute Gasteiger partial charge is 0.465 e. The minimum Gasteiger partial charge on any atom is -0.465 e. The normalized spacial score (nSPS) is 11.4. The van der Waals surface area contributed by atoms with Crippen molar-refractivity contribution < 1.29 is 17.9 Å². The van der Waals surface area contributed by atoms with E-state index >= 15 is 0 Å². The van der Waals surface area contributed by atoms with Crippen molar-refractivity contribution in [2.75, 3.05) is 7.11 Å². The molecule has 1 heterocycles. The zero-order valence-corrected chi connectivity index (χ0v) is 9.37. The van der Waals surface area contributed by atoms with Gasteiger partial charge in [0.15, 0.2) is 0 Å². The molecule has 0 saturated heterocycles. The van der Waals surface area contributed by atoms with Crippen LogP contribution in [0.25, 0.3) is 0 Å². The number of thiophene rings is 1. The molecule has 5 nitrogen and oxygen atoms in total. The highest BCUT2D eigenvalue weighted by molar-refractivity contribution is 7.89. The monoisotopic (exact) mass is 255 g/mol. The molecule has 14 heavy (non-hydrogen) atoms. The Labute approximate surface area is 89.5 Å². The molecular formula is C6H6ClNO4S2. The highest BCUT2D eigenvalue weighted by Crippen LogP contribution is 2.30. The quantitative estimate of drug-likeness (QED) is 0.794. The summed E-state index contributed by atoms with van der Waals surface area (Å²) in [4.78, 5) is 10.6. The Balaban J connectivity index is 3.42. The number of carbonyl (C=O) groups excluding carboxylic acids is 1. The predicted octanol–water partition coefficient (Wildman–Crippen LogP) is 0.836. The smallest absolute Gasteiger partial charge is 0.349 e. The number of hydrogen-bond acceptors (Lipinski definition) is 5. The van der Waals surface area contributed by atoms with E-state index in [1.807, 2.05) is 0 Å². The van der Waals surface area contributed by atoms with Crippen molar-refractivity contribution in [3.63, 3.8) is 0 Å². The lowest BCUT2D eigenvalue weighted by atomic mass is 10.5. The van der Waals surface area contributed by atoms with Gasteiger partial charge in [0, 0.05) is 5.38 Å². The fourth-order valence-corrected chi connectivity index (χ4v) is 3.41. The van der Waals surface area contributed by atoms with Gasteiger partial charge in [0.25, 0.3) is 0 Å². The van der Waals surface area contributed by atoms with E-state index in [9.17, 15) is 13.2 Å². The third kappa shape index (κ3) is 2.06. The maximum atomic E-state index is 11.1. The molecule has 8 heteroatoms. The third-order valence-corrected chi connectivity index (χ3v) is 3.98. The predicted molar refractivity (Wildman–Crippen MR) is 52.0 cm³/mol. The molecule has 0 aromatic carbocycles. The molecule has 2 N–H and O–H groups in total. The number of nitrogens with two attached hydrogens (primary N) is 1. The number of sulfonamides is 1. The lowest BCUT2D eigenvalue weighted by Crippen LogP contribution is -2.15. The average Bonchev–Trinajstić information content (AvgIpc) is 2.44. The standard InChI is InChI=1S/C6H6ClNO4S2/c1-12-6(9)4-5(14(8,10)11)3(7)2-13-4/h2H,1H3,(H2,8,10,11). The highest BCUT2D eigenvalue weighted by Gasteiger charge is 2.25. The van der Waals surface area contributed by atoms with Gasteiger partial charge in [0.2, 0.25) is 10.0 Å². The van der Waals surface area contributed by atoms with Gasteiger partial charge < -0.3 is 4.74 Å². The summed E-state index contributed by atoms with van der Waals surface area (Å²) >= 11 is 6.44. The Hall–Kier alpha value is -0.630. The van der Waals surface area contributed by atoms with Crippen LogP contribution >= 0.6 is 22.9 Å². The Morgan fingerprint density at radius 1 is 1.64 bits per heavy atom. The van der Waals surface area contributed by atoms with Gasteiger partial charge in [-0.3, -0.25) is 0 Å². The van der Waals surface area contributed by atoms with Crippen molar-refractivity contribution >= 4 is 38.9 Å². The third-order valence-electron chi connectivity index (χ3n) is 1.36. The summed E-state index contributed by atoms with van der Waals surface area (Å²) < 4.78 is 26.5. The van der Waals surface area contributed by atoms with Crippen molar-refractivity contribution in [3.05, 3.63) is 15.3 Å². The molecule has 0 saturated carbocycles. The Morgan fingerprint density at radius 2 is 2.21 bits per heavy atom. The molecule has 0 radical (unpaired) electrons. The zero-order valence-electron chi connectivity index (χ0n) is 6.98. The van der Waals surface area contributed by atoms with Gasteiger partial charge in [0.05, 0.1) is 12.1 Å². The van der Waals surface area contributed by atoms with E-state index in [0.717, 1.165) is 18.4 Å². The number of hydrogen-bond donors (Lipinski definition) is 1. The van der Waals surface area contributed by atoms with Crippen LogP contribution in [0.2, 0.25) is 5.02 Å². The first-order valence-corrected chi connectivity index (χ1v) is 6.06. The average molecular weight is 256 g/mol. The molecule has 0 bridgehead atoms. The Bertz CT molecular complexity index is 464. The second kappa shape index (κ2) is 3.85. The summed E-state index contributed by atoms with van der Waals surface area (Å²) in [5.74, 6) is -0.772. The molecule has 0 aliphatic heterocycles. The van der Waals surface area contributed by atoms with Crippen LogP contribution in [0.1, 0.15) is 9.67 Å². The van der Waals surface area contributed by atoms with E-state index in [4.69, 9.17) is 16.7 Å². The van der Waals surface area contributed by atoms with Crippen molar-refractivity contribution in [2.24, 2.45) is 5.14 Å². The van der Waals surface area contributed by atoms with Crippen LogP contribution in [0.3, 0.4) is 0 Å². The second-order valence-electron chi connectivity index (χ2n) is 2.28. The van der Waals surface area contributed by atoms with Gasteiger partial charge >= 0.3 is 5.97 Å². The summed E-state index contributed by atoms with van der Waals surface area (Å²) in [7, 11) is -2.86. The van der Waals surface area contributed by atoms with Gasteiger partial charge in [-0.2, -0.15) is 0 Å². The number of methoxy groups -OCH3 is 1. The molecule has 1 rings (SSSR count). The molecule has 0 aliphatic carbocycles. The fraction of sp³-hybridized carbons (Fsp3) is 0.167. The number of halogens is 1. The first-order valence-electron chi connectivity index (χ1n) is 3.26. The summed E-state index contributed by atoms with van der Waals surface area (Å²) in [5.41, 5.74) is 0. The van der Waals surface area contributed by atoms with E-state index in [1.165, 1.54) is 5.38 Å². The minimum absolute atomic E-state index is 0.0714. The van der Waals surface area contributed by atoms with Crippen molar-refractivity contribution in [3.8, 4) is 0 Å². The molecule has 1 aromatic rings. The van der Waals surface area contributed by atoms with Gasteiger partial charge in [-0.05, 0) is 0 Å². The van der Waals surface area contributed by atoms with Crippen LogP contribution in [-0.4, -0.2) is 21.5 Å². The second-order valence-corrected chi connectivity index (χ2v) is 5.06. The summed E-state index contributed by atoms with van der Waals surface area (Å²) in [6.45, 7) is 0. The van der Waals surface area contributed by atoms with Crippen molar-refractivity contribution in [1.29, 1.82) is 0 Å². The van der Waals surface area contributed by atoms with Crippen molar-refractivity contribution in [2.45, 2.75) is 4.90 Å². The number of esters is 1. The SMILES string of the molecule is COC(=O)c1scc(Cl)c1S(N)(=O)=O. The summed E-state index contributed by atoms with van der Waals surface area (Å²) in [6, 6.07) is 0. The molecule has 0 spiro atoms. The van der Waals surface area contributed by atoms with Gasteiger partial charge in [-0.25, -0.2) is 18.4 Å². The van der Waals surface area contributed by atoms with E-state index in [1.54, 1.807) is 0 Å². The van der Waals surface area contributed by atoms with Crippen LogP contribution in [0.15, 0.2) is 10.3 Å². The first kappa shape index (κ1) is 11.4. The Kier molecular flexibility index (Phi) is 3.15.